The highest BCUT2D eigenvalue weighted by atomic mass is 16.5. The number of nitrogens with one attached hydrogen (secondary N) is 1. The molecule has 1 amide bonds. The fourth-order valence-electron chi connectivity index (χ4n) is 5.13. The van der Waals surface area contributed by atoms with Crippen LogP contribution >= 0.6 is 0 Å². The van der Waals surface area contributed by atoms with E-state index in [0.29, 0.717) is 12.2 Å². The van der Waals surface area contributed by atoms with Gasteiger partial charge in [-0.05, 0) is 59.4 Å². The van der Waals surface area contributed by atoms with Gasteiger partial charge in [0.25, 0.3) is 0 Å². The number of nitrogens with zero attached hydrogens (tertiary/aromatic N) is 2. The summed E-state index contributed by atoms with van der Waals surface area (Å²) in [5.74, 6) is 2.04. The van der Waals surface area contributed by atoms with Crippen molar-refractivity contribution in [2.75, 3.05) is 12.4 Å². The molecular weight excluding hydrogens is 446 g/mol. The molecule has 1 aliphatic carbocycles. The van der Waals surface area contributed by atoms with E-state index in [1.54, 1.807) is 13.3 Å². The number of amides is 1. The maximum atomic E-state index is 13.0. The van der Waals surface area contributed by atoms with Crippen LogP contribution in [-0.4, -0.2) is 23.0 Å². The highest BCUT2D eigenvalue weighted by Crippen LogP contribution is 2.29. The van der Waals surface area contributed by atoms with Gasteiger partial charge in [-0.15, -0.1) is 0 Å². The van der Waals surface area contributed by atoms with Crippen LogP contribution in [0.15, 0.2) is 72.9 Å². The van der Waals surface area contributed by atoms with Gasteiger partial charge in [-0.2, -0.15) is 0 Å². The molecule has 1 heterocycles. The molecule has 36 heavy (non-hydrogen) atoms. The van der Waals surface area contributed by atoms with Crippen LogP contribution < -0.4 is 10.1 Å². The average Bonchev–Trinajstić information content (AvgIpc) is 2.93. The summed E-state index contributed by atoms with van der Waals surface area (Å²) in [6.07, 6.45) is 10.5. The standard InChI is InChI=1S/C31H33N3O2/c1-36-27-16-14-25(15-17-27)29-21-32-31(28(33-29)18-12-22-7-3-2-4-8-22)34-30(35)20-23-11-13-24-9-5-6-10-26(24)19-23/h5-6,9-11,13-17,19,21-22H,2-4,7-8,12,18,20H2,1H3,(H,32,34,35). The van der Waals surface area contributed by atoms with Gasteiger partial charge in [0.15, 0.2) is 5.82 Å². The summed E-state index contributed by atoms with van der Waals surface area (Å²) in [7, 11) is 1.66. The normalized spacial score (nSPS) is 14.0. The fourth-order valence-corrected chi connectivity index (χ4v) is 5.13. The molecule has 4 aromatic rings. The predicted molar refractivity (Wildman–Crippen MR) is 145 cm³/mol. The summed E-state index contributed by atoms with van der Waals surface area (Å²) in [5, 5.41) is 5.37. The minimum atomic E-state index is -0.0734. The van der Waals surface area contributed by atoms with E-state index in [2.05, 4.69) is 34.6 Å². The molecule has 0 unspecified atom stereocenters. The Kier molecular flexibility index (Phi) is 7.55. The number of hydrogen-bond donors (Lipinski definition) is 1. The Balaban J connectivity index is 1.35. The number of aryl methyl sites for hydroxylation is 1. The van der Waals surface area contributed by atoms with E-state index in [4.69, 9.17) is 9.72 Å². The number of carbonyl (C=O) groups is 1. The maximum Gasteiger partial charge on any atom is 0.229 e. The average molecular weight is 480 g/mol. The molecule has 0 spiro atoms. The molecule has 0 bridgehead atoms. The first kappa shape index (κ1) is 24.0. The third-order valence-corrected chi connectivity index (χ3v) is 7.18. The van der Waals surface area contributed by atoms with Crippen LogP contribution in [0.25, 0.3) is 22.0 Å². The number of benzene rings is 3. The molecular formula is C31H33N3O2. The third-order valence-electron chi connectivity index (χ3n) is 7.18. The molecule has 0 saturated heterocycles. The van der Waals surface area contributed by atoms with Crippen LogP contribution in [0.2, 0.25) is 0 Å². The van der Waals surface area contributed by atoms with Crippen molar-refractivity contribution in [2.24, 2.45) is 5.92 Å². The molecule has 0 atom stereocenters. The van der Waals surface area contributed by atoms with Crippen molar-refractivity contribution in [1.82, 2.24) is 9.97 Å². The number of fused-ring (bicyclic) bond motifs is 1. The van der Waals surface area contributed by atoms with Crippen LogP contribution in [0.5, 0.6) is 5.75 Å². The zero-order valence-corrected chi connectivity index (χ0v) is 20.9. The number of anilines is 1. The van der Waals surface area contributed by atoms with Crippen molar-refractivity contribution in [3.8, 4) is 17.0 Å². The van der Waals surface area contributed by atoms with Gasteiger partial charge in [0.2, 0.25) is 5.91 Å². The summed E-state index contributed by atoms with van der Waals surface area (Å²) >= 11 is 0. The second-order valence-corrected chi connectivity index (χ2v) is 9.73. The van der Waals surface area contributed by atoms with Gasteiger partial charge in [0.05, 0.1) is 31.1 Å². The van der Waals surface area contributed by atoms with Crippen molar-refractivity contribution in [2.45, 2.75) is 51.4 Å². The zero-order valence-electron chi connectivity index (χ0n) is 20.9. The predicted octanol–water partition coefficient (Wildman–Crippen LogP) is 7.00. The summed E-state index contributed by atoms with van der Waals surface area (Å²) in [6, 6.07) is 22.2. The van der Waals surface area contributed by atoms with E-state index in [1.807, 2.05) is 42.5 Å². The Labute approximate surface area is 213 Å². The summed E-state index contributed by atoms with van der Waals surface area (Å²) in [5.41, 5.74) is 3.64. The molecule has 1 aliphatic rings. The second-order valence-electron chi connectivity index (χ2n) is 9.73. The minimum absolute atomic E-state index is 0.0734. The van der Waals surface area contributed by atoms with Crippen LogP contribution in [0.4, 0.5) is 5.82 Å². The zero-order chi connectivity index (χ0) is 24.7. The monoisotopic (exact) mass is 479 g/mol. The fraction of sp³-hybridized carbons (Fsp3) is 0.323. The maximum absolute atomic E-state index is 13.0. The Hall–Kier alpha value is -3.73. The molecule has 5 rings (SSSR count). The smallest absolute Gasteiger partial charge is 0.229 e. The van der Waals surface area contributed by atoms with Crippen LogP contribution in [0.1, 0.15) is 49.8 Å². The Morgan fingerprint density at radius 1 is 0.972 bits per heavy atom. The highest BCUT2D eigenvalue weighted by Gasteiger charge is 2.17. The molecule has 5 nitrogen and oxygen atoms in total. The third kappa shape index (κ3) is 5.91. The molecule has 1 saturated carbocycles. The lowest BCUT2D eigenvalue weighted by atomic mass is 9.86. The van der Waals surface area contributed by atoms with Crippen molar-refractivity contribution in [3.63, 3.8) is 0 Å². The van der Waals surface area contributed by atoms with E-state index in [0.717, 1.165) is 52.4 Å². The molecule has 1 fully saturated rings. The van der Waals surface area contributed by atoms with Crippen LogP contribution in [0.3, 0.4) is 0 Å². The first-order valence-electron chi connectivity index (χ1n) is 13.0. The quantitative estimate of drug-likeness (QED) is 0.295. The van der Waals surface area contributed by atoms with E-state index in [-0.39, 0.29) is 5.91 Å². The van der Waals surface area contributed by atoms with E-state index in [1.165, 1.54) is 37.5 Å². The number of hydrogen-bond acceptors (Lipinski definition) is 4. The van der Waals surface area contributed by atoms with Crippen LogP contribution in [-0.2, 0) is 17.6 Å². The minimum Gasteiger partial charge on any atom is -0.497 e. The Bertz CT molecular complexity index is 1330. The number of carbonyl (C=O) groups excluding carboxylic acids is 1. The topological polar surface area (TPSA) is 64.1 Å². The summed E-state index contributed by atoms with van der Waals surface area (Å²) in [6.45, 7) is 0. The summed E-state index contributed by atoms with van der Waals surface area (Å²) in [4.78, 5) is 22.6. The van der Waals surface area contributed by atoms with Gasteiger partial charge >= 0.3 is 0 Å². The van der Waals surface area contributed by atoms with E-state index >= 15 is 0 Å². The SMILES string of the molecule is COc1ccc(-c2cnc(NC(=O)Cc3ccc4ccccc4c3)c(CCC3CCCCC3)n2)cc1. The van der Waals surface area contributed by atoms with Crippen LogP contribution in [0, 0.1) is 5.92 Å². The first-order chi connectivity index (χ1) is 17.7. The molecule has 0 radical (unpaired) electrons. The number of ether oxygens (including phenoxy) is 1. The molecule has 5 heteroatoms. The second kappa shape index (κ2) is 11.3. The van der Waals surface area contributed by atoms with Crippen molar-refractivity contribution < 1.29 is 9.53 Å². The first-order valence-corrected chi connectivity index (χ1v) is 13.0. The van der Waals surface area contributed by atoms with Gasteiger partial charge in [-0.3, -0.25) is 4.79 Å². The number of methoxy groups -OCH3 is 1. The lowest BCUT2D eigenvalue weighted by molar-refractivity contribution is -0.115. The van der Waals surface area contributed by atoms with Gasteiger partial charge < -0.3 is 10.1 Å². The highest BCUT2D eigenvalue weighted by molar-refractivity contribution is 5.93. The van der Waals surface area contributed by atoms with Gasteiger partial charge in [-0.1, -0.05) is 74.6 Å². The lowest BCUT2D eigenvalue weighted by Crippen LogP contribution is -2.18. The largest absolute Gasteiger partial charge is 0.497 e. The number of rotatable bonds is 8. The van der Waals surface area contributed by atoms with E-state index in [9.17, 15) is 4.79 Å². The molecule has 3 aromatic carbocycles. The van der Waals surface area contributed by atoms with Gasteiger partial charge in [-0.25, -0.2) is 9.97 Å². The van der Waals surface area contributed by atoms with Gasteiger partial charge in [0, 0.05) is 5.56 Å². The molecule has 1 N–H and O–H groups in total. The Morgan fingerprint density at radius 3 is 2.53 bits per heavy atom. The van der Waals surface area contributed by atoms with Crippen molar-refractivity contribution in [3.05, 3.63) is 84.2 Å². The molecule has 184 valence electrons. The van der Waals surface area contributed by atoms with Crippen molar-refractivity contribution >= 4 is 22.5 Å². The van der Waals surface area contributed by atoms with Crippen molar-refractivity contribution in [1.29, 1.82) is 0 Å². The van der Waals surface area contributed by atoms with E-state index < -0.39 is 0 Å². The van der Waals surface area contributed by atoms with Gasteiger partial charge in [0.1, 0.15) is 5.75 Å². The summed E-state index contributed by atoms with van der Waals surface area (Å²) < 4.78 is 5.29. The lowest BCUT2D eigenvalue weighted by Gasteiger charge is -2.21. The molecule has 1 aromatic heterocycles. The number of aromatic nitrogens is 2. The Morgan fingerprint density at radius 2 is 1.75 bits per heavy atom. The molecule has 0 aliphatic heterocycles.